The summed E-state index contributed by atoms with van der Waals surface area (Å²) in [5, 5.41) is 0. The molecule has 1 aromatic carbocycles. The van der Waals surface area contributed by atoms with Gasteiger partial charge in [0.1, 0.15) is 4.36 Å². The predicted octanol–water partition coefficient (Wildman–Crippen LogP) is 3.53. The molecular formula is C11H13ClOS. The summed E-state index contributed by atoms with van der Waals surface area (Å²) in [4.78, 5) is 0.745. The second-order valence-electron chi connectivity index (χ2n) is 3.30. The van der Waals surface area contributed by atoms with Gasteiger partial charge in [0.2, 0.25) is 0 Å². The van der Waals surface area contributed by atoms with Crippen molar-refractivity contribution in [1.82, 2.24) is 0 Å². The summed E-state index contributed by atoms with van der Waals surface area (Å²) in [6, 6.07) is 9.22. The molecule has 1 aromatic rings. The molecule has 0 spiro atoms. The average Bonchev–Trinajstić information content (AvgIpc) is 2.17. The topological polar surface area (TPSA) is 17.1 Å². The molecule has 1 unspecified atom stereocenters. The Kier molecular flexibility index (Phi) is 4.36. The summed E-state index contributed by atoms with van der Waals surface area (Å²) in [6.45, 7) is 4.01. The maximum atomic E-state index is 11.8. The molecule has 0 heterocycles. The quantitative estimate of drug-likeness (QED) is 0.774. The fourth-order valence-corrected chi connectivity index (χ4v) is 2.53. The lowest BCUT2D eigenvalue weighted by molar-refractivity contribution is 0.687. The molecule has 0 aliphatic heterocycles. The summed E-state index contributed by atoms with van der Waals surface area (Å²) in [6.07, 6.45) is 1.81. The van der Waals surface area contributed by atoms with E-state index in [4.69, 9.17) is 11.6 Å². The minimum atomic E-state index is -1.22. The largest absolute Gasteiger partial charge is 0.248 e. The molecule has 0 saturated heterocycles. The first-order valence-electron chi connectivity index (χ1n) is 4.45. The molecule has 76 valence electrons. The van der Waals surface area contributed by atoms with Crippen molar-refractivity contribution >= 4 is 22.4 Å². The van der Waals surface area contributed by atoms with Crippen LogP contribution in [0.1, 0.15) is 13.8 Å². The van der Waals surface area contributed by atoms with Crippen molar-refractivity contribution in [1.29, 1.82) is 0 Å². The lowest BCUT2D eigenvalue weighted by Gasteiger charge is -2.01. The zero-order valence-corrected chi connectivity index (χ0v) is 9.81. The Balaban J connectivity index is 2.87. The first kappa shape index (κ1) is 11.5. The van der Waals surface area contributed by atoms with Gasteiger partial charge in [0.05, 0.1) is 10.8 Å². The molecule has 0 saturated carbocycles. The second kappa shape index (κ2) is 5.32. The Morgan fingerprint density at radius 2 is 1.93 bits per heavy atom. The van der Waals surface area contributed by atoms with E-state index < -0.39 is 10.8 Å². The van der Waals surface area contributed by atoms with Crippen LogP contribution in [0.5, 0.6) is 0 Å². The molecule has 1 rings (SSSR count). The summed E-state index contributed by atoms with van der Waals surface area (Å²) in [5.41, 5.74) is 0. The van der Waals surface area contributed by atoms with Crippen LogP contribution < -0.4 is 0 Å². The van der Waals surface area contributed by atoms with E-state index in [1.807, 2.05) is 50.3 Å². The number of hydrogen-bond acceptors (Lipinski definition) is 1. The molecule has 0 bridgehead atoms. The molecule has 14 heavy (non-hydrogen) atoms. The zero-order valence-electron chi connectivity index (χ0n) is 8.24. The smallest absolute Gasteiger partial charge is 0.106 e. The highest BCUT2D eigenvalue weighted by atomic mass is 35.5. The Labute approximate surface area is 92.2 Å². The van der Waals surface area contributed by atoms with Crippen LogP contribution in [0, 0.1) is 5.92 Å². The lowest BCUT2D eigenvalue weighted by atomic mass is 10.2. The third kappa shape index (κ3) is 3.28. The van der Waals surface area contributed by atoms with E-state index in [0.717, 1.165) is 4.90 Å². The van der Waals surface area contributed by atoms with E-state index in [1.54, 1.807) is 0 Å². The highest BCUT2D eigenvalue weighted by Crippen LogP contribution is 2.18. The Bertz CT molecular complexity index is 344. The first-order chi connectivity index (χ1) is 6.61. The van der Waals surface area contributed by atoms with E-state index in [-0.39, 0.29) is 0 Å². The first-order valence-corrected chi connectivity index (χ1v) is 5.98. The molecule has 0 aliphatic carbocycles. The number of allylic oxidation sites excluding steroid dienone is 1. The molecule has 0 aromatic heterocycles. The second-order valence-corrected chi connectivity index (χ2v) is 5.38. The third-order valence-corrected chi connectivity index (χ3v) is 3.34. The van der Waals surface area contributed by atoms with Gasteiger partial charge in [-0.3, -0.25) is 0 Å². The van der Waals surface area contributed by atoms with E-state index in [1.165, 1.54) is 0 Å². The number of rotatable bonds is 3. The fraction of sp³-hybridized carbons (Fsp3) is 0.273. The van der Waals surface area contributed by atoms with Gasteiger partial charge in [-0.25, -0.2) is 4.21 Å². The van der Waals surface area contributed by atoms with Crippen molar-refractivity contribution in [3.63, 3.8) is 0 Å². The van der Waals surface area contributed by atoms with Crippen LogP contribution in [0.25, 0.3) is 0 Å². The summed E-state index contributed by atoms with van der Waals surface area (Å²) in [7, 11) is -1.22. The standard InChI is InChI=1S/C11H13ClOS/c1-9(2)8-11(12)14(13)10-6-4-3-5-7-10/h3-9H,1-2H3/b11-8-. The Morgan fingerprint density at radius 1 is 1.36 bits per heavy atom. The maximum Gasteiger partial charge on any atom is 0.106 e. The molecule has 0 fully saturated rings. The van der Waals surface area contributed by atoms with Crippen LogP contribution in [-0.2, 0) is 10.8 Å². The highest BCUT2D eigenvalue weighted by molar-refractivity contribution is 7.90. The molecule has 0 aliphatic rings. The molecule has 0 amide bonds. The Hall–Kier alpha value is -0.600. The van der Waals surface area contributed by atoms with Gasteiger partial charge in [-0.05, 0) is 18.1 Å². The number of halogens is 1. The van der Waals surface area contributed by atoms with Crippen LogP contribution in [0.4, 0.5) is 0 Å². The maximum absolute atomic E-state index is 11.8. The van der Waals surface area contributed by atoms with Crippen LogP contribution in [0.2, 0.25) is 0 Å². The third-order valence-electron chi connectivity index (χ3n) is 1.60. The van der Waals surface area contributed by atoms with Crippen LogP contribution in [0.3, 0.4) is 0 Å². The molecule has 0 N–H and O–H groups in total. The van der Waals surface area contributed by atoms with Gasteiger partial charge in [0.15, 0.2) is 0 Å². The van der Waals surface area contributed by atoms with Crippen molar-refractivity contribution in [3.8, 4) is 0 Å². The minimum Gasteiger partial charge on any atom is -0.248 e. The summed E-state index contributed by atoms with van der Waals surface area (Å²) in [5.74, 6) is 0.315. The van der Waals surface area contributed by atoms with Crippen molar-refractivity contribution in [2.45, 2.75) is 18.7 Å². The van der Waals surface area contributed by atoms with Crippen molar-refractivity contribution in [2.24, 2.45) is 5.92 Å². The normalized spacial score (nSPS) is 14.4. The van der Waals surface area contributed by atoms with E-state index in [0.29, 0.717) is 10.3 Å². The number of hydrogen-bond donors (Lipinski definition) is 0. The monoisotopic (exact) mass is 228 g/mol. The van der Waals surface area contributed by atoms with Gasteiger partial charge >= 0.3 is 0 Å². The minimum absolute atomic E-state index is 0.315. The summed E-state index contributed by atoms with van der Waals surface area (Å²) < 4.78 is 12.2. The van der Waals surface area contributed by atoms with Crippen molar-refractivity contribution in [3.05, 3.63) is 40.8 Å². The SMILES string of the molecule is CC(C)/C=C(/Cl)S(=O)c1ccccc1. The van der Waals surface area contributed by atoms with E-state index in [9.17, 15) is 4.21 Å². The van der Waals surface area contributed by atoms with Gasteiger partial charge in [-0.15, -0.1) is 0 Å². The zero-order chi connectivity index (χ0) is 10.6. The van der Waals surface area contributed by atoms with Gasteiger partial charge in [-0.1, -0.05) is 49.7 Å². The van der Waals surface area contributed by atoms with Gasteiger partial charge in [0.25, 0.3) is 0 Å². The fourth-order valence-electron chi connectivity index (χ4n) is 0.981. The molecule has 3 heteroatoms. The van der Waals surface area contributed by atoms with Crippen LogP contribution in [-0.4, -0.2) is 4.21 Å². The van der Waals surface area contributed by atoms with Crippen molar-refractivity contribution < 1.29 is 4.21 Å². The van der Waals surface area contributed by atoms with Crippen LogP contribution >= 0.6 is 11.6 Å². The van der Waals surface area contributed by atoms with Gasteiger partial charge < -0.3 is 0 Å². The van der Waals surface area contributed by atoms with E-state index in [2.05, 4.69) is 0 Å². The Morgan fingerprint density at radius 3 is 2.43 bits per heavy atom. The van der Waals surface area contributed by atoms with Gasteiger partial charge in [0, 0.05) is 4.90 Å². The van der Waals surface area contributed by atoms with Crippen LogP contribution in [0.15, 0.2) is 45.7 Å². The summed E-state index contributed by atoms with van der Waals surface area (Å²) >= 11 is 5.92. The van der Waals surface area contributed by atoms with E-state index >= 15 is 0 Å². The molecule has 1 atom stereocenters. The number of benzene rings is 1. The predicted molar refractivity (Wildman–Crippen MR) is 61.6 cm³/mol. The molecule has 0 radical (unpaired) electrons. The highest BCUT2D eigenvalue weighted by Gasteiger charge is 2.07. The van der Waals surface area contributed by atoms with Gasteiger partial charge in [-0.2, -0.15) is 0 Å². The van der Waals surface area contributed by atoms with Crippen molar-refractivity contribution in [2.75, 3.05) is 0 Å². The molecular weight excluding hydrogens is 216 g/mol. The lowest BCUT2D eigenvalue weighted by Crippen LogP contribution is -1.92. The average molecular weight is 229 g/mol. The molecule has 1 nitrogen and oxygen atoms in total.